The van der Waals surface area contributed by atoms with Crippen molar-refractivity contribution in [3.63, 3.8) is 0 Å². The Labute approximate surface area is 309 Å². The zero-order chi connectivity index (χ0) is 35.6. The summed E-state index contributed by atoms with van der Waals surface area (Å²) in [7, 11) is 0. The summed E-state index contributed by atoms with van der Waals surface area (Å²) in [5, 5.41) is 6.40. The van der Waals surface area contributed by atoms with E-state index in [-0.39, 0.29) is 0 Å². The van der Waals surface area contributed by atoms with Gasteiger partial charge in [-0.2, -0.15) is 0 Å². The molecule has 0 N–H and O–H groups in total. The average Bonchev–Trinajstić information content (AvgIpc) is 3.82. The summed E-state index contributed by atoms with van der Waals surface area (Å²) in [5.74, 6) is 1.74. The van der Waals surface area contributed by atoms with Gasteiger partial charge < -0.3 is 8.83 Å². The zero-order valence-corrected chi connectivity index (χ0v) is 28.9. The number of para-hydroxylation sites is 3. The van der Waals surface area contributed by atoms with E-state index in [1.165, 1.54) is 0 Å². The monoisotopic (exact) mass is 691 g/mol. The summed E-state index contributed by atoms with van der Waals surface area (Å²) >= 11 is 0. The Bertz CT molecular complexity index is 3220. The van der Waals surface area contributed by atoms with E-state index in [9.17, 15) is 0 Å². The van der Waals surface area contributed by atoms with Crippen molar-refractivity contribution in [3.8, 4) is 56.4 Å². The zero-order valence-electron chi connectivity index (χ0n) is 28.9. The van der Waals surface area contributed by atoms with Gasteiger partial charge >= 0.3 is 0 Å². The third-order valence-corrected chi connectivity index (χ3v) is 10.4. The molecule has 0 aliphatic heterocycles. The topological polar surface area (TPSA) is 65.0 Å². The van der Waals surface area contributed by atoms with E-state index in [1.807, 2.05) is 78.9 Å². The van der Waals surface area contributed by atoms with Gasteiger partial charge in [0.2, 0.25) is 0 Å². The smallest absolute Gasteiger partial charge is 0.167 e. The van der Waals surface area contributed by atoms with Gasteiger partial charge in [-0.05, 0) is 69.4 Å². The molecule has 252 valence electrons. The maximum absolute atomic E-state index is 6.51. The van der Waals surface area contributed by atoms with Gasteiger partial charge in [-0.25, -0.2) is 15.0 Å². The fourth-order valence-corrected chi connectivity index (χ4v) is 7.85. The number of aromatic nitrogens is 3. The van der Waals surface area contributed by atoms with Crippen molar-refractivity contribution in [2.24, 2.45) is 0 Å². The minimum Gasteiger partial charge on any atom is -0.456 e. The Balaban J connectivity index is 1.16. The molecule has 0 saturated heterocycles. The molecule has 5 nitrogen and oxygen atoms in total. The highest BCUT2D eigenvalue weighted by molar-refractivity contribution is 6.17. The maximum atomic E-state index is 6.51. The van der Waals surface area contributed by atoms with Crippen molar-refractivity contribution < 1.29 is 8.83 Å². The molecule has 0 saturated carbocycles. The number of fused-ring (bicyclic) bond motifs is 7. The molecule has 0 spiro atoms. The molecule has 3 aromatic heterocycles. The van der Waals surface area contributed by atoms with E-state index in [0.29, 0.717) is 17.5 Å². The molecule has 0 aliphatic rings. The Morgan fingerprint density at radius 2 is 0.852 bits per heavy atom. The second-order valence-corrected chi connectivity index (χ2v) is 13.5. The standard InChI is InChI=1S/C49H29N3O2/c1-3-14-30(15-4-1)32-28-41(45-39-21-10-12-25-43(39)53-44(45)29-32)35-26-27-38(34-19-8-7-18-33(34)35)48-50-47(31-16-5-2-6-17-31)51-49(52-48)40-23-13-22-37-36-20-9-11-24-42(36)54-46(37)40/h1-29H. The number of benzene rings is 8. The van der Waals surface area contributed by atoms with Gasteiger partial charge in [0.1, 0.15) is 22.3 Å². The highest BCUT2D eigenvalue weighted by atomic mass is 16.3. The van der Waals surface area contributed by atoms with E-state index in [1.54, 1.807) is 0 Å². The van der Waals surface area contributed by atoms with E-state index < -0.39 is 0 Å². The molecule has 3 heterocycles. The van der Waals surface area contributed by atoms with Gasteiger partial charge in [0, 0.05) is 32.7 Å². The summed E-state index contributed by atoms with van der Waals surface area (Å²) in [6.07, 6.45) is 0. The van der Waals surface area contributed by atoms with Gasteiger partial charge in [0.15, 0.2) is 17.5 Å². The average molecular weight is 692 g/mol. The molecular weight excluding hydrogens is 663 g/mol. The second kappa shape index (κ2) is 12.1. The number of nitrogens with zero attached hydrogens (tertiary/aromatic N) is 3. The summed E-state index contributed by atoms with van der Waals surface area (Å²) in [5.41, 5.74) is 10.4. The Hall–Kier alpha value is -7.37. The molecule has 11 rings (SSSR count). The summed E-state index contributed by atoms with van der Waals surface area (Å²) in [6, 6.07) is 60.4. The molecule has 0 radical (unpaired) electrons. The molecule has 0 unspecified atom stereocenters. The van der Waals surface area contributed by atoms with Crippen LogP contribution < -0.4 is 0 Å². The quantitative estimate of drug-likeness (QED) is 0.180. The van der Waals surface area contributed by atoms with Crippen LogP contribution in [-0.2, 0) is 0 Å². The second-order valence-electron chi connectivity index (χ2n) is 13.5. The molecule has 11 aromatic rings. The van der Waals surface area contributed by atoms with Crippen molar-refractivity contribution in [3.05, 3.63) is 176 Å². The number of furan rings is 2. The highest BCUT2D eigenvalue weighted by Gasteiger charge is 2.21. The fourth-order valence-electron chi connectivity index (χ4n) is 7.85. The first-order valence-corrected chi connectivity index (χ1v) is 18.0. The van der Waals surface area contributed by atoms with Crippen LogP contribution in [0.25, 0.3) is 111 Å². The Kier molecular flexibility index (Phi) is 6.79. The van der Waals surface area contributed by atoms with Crippen LogP contribution in [0.5, 0.6) is 0 Å². The van der Waals surface area contributed by atoms with Crippen LogP contribution in [0.4, 0.5) is 0 Å². The first-order valence-electron chi connectivity index (χ1n) is 18.0. The first-order chi connectivity index (χ1) is 26.8. The predicted octanol–water partition coefficient (Wildman–Crippen LogP) is 13.2. The van der Waals surface area contributed by atoms with Crippen LogP contribution in [-0.4, -0.2) is 15.0 Å². The summed E-state index contributed by atoms with van der Waals surface area (Å²) in [4.78, 5) is 15.4. The summed E-state index contributed by atoms with van der Waals surface area (Å²) < 4.78 is 13.0. The van der Waals surface area contributed by atoms with E-state index >= 15 is 0 Å². The first kappa shape index (κ1) is 30.3. The Morgan fingerprint density at radius 1 is 0.296 bits per heavy atom. The van der Waals surface area contributed by atoms with Crippen molar-refractivity contribution in [2.45, 2.75) is 0 Å². The number of hydrogen-bond acceptors (Lipinski definition) is 5. The van der Waals surface area contributed by atoms with Gasteiger partial charge in [-0.1, -0.05) is 140 Å². The predicted molar refractivity (Wildman–Crippen MR) is 219 cm³/mol. The molecule has 0 bridgehead atoms. The van der Waals surface area contributed by atoms with Crippen molar-refractivity contribution in [2.75, 3.05) is 0 Å². The van der Waals surface area contributed by atoms with Crippen LogP contribution in [0, 0.1) is 0 Å². The van der Waals surface area contributed by atoms with E-state index in [0.717, 1.165) is 93.6 Å². The maximum Gasteiger partial charge on any atom is 0.167 e. The van der Waals surface area contributed by atoms with Crippen LogP contribution in [0.3, 0.4) is 0 Å². The molecule has 0 atom stereocenters. The van der Waals surface area contributed by atoms with Crippen LogP contribution in [0.15, 0.2) is 185 Å². The molecule has 0 amide bonds. The lowest BCUT2D eigenvalue weighted by molar-refractivity contribution is 0.669. The molecule has 54 heavy (non-hydrogen) atoms. The van der Waals surface area contributed by atoms with Crippen molar-refractivity contribution in [1.82, 2.24) is 15.0 Å². The van der Waals surface area contributed by atoms with Crippen LogP contribution in [0.2, 0.25) is 0 Å². The minimum absolute atomic E-state index is 0.554. The van der Waals surface area contributed by atoms with Gasteiger partial charge in [-0.15, -0.1) is 0 Å². The molecule has 5 heteroatoms. The molecule has 0 fully saturated rings. The van der Waals surface area contributed by atoms with Gasteiger partial charge in [0.05, 0.1) is 5.56 Å². The number of hydrogen-bond donors (Lipinski definition) is 0. The SMILES string of the molecule is c1ccc(-c2cc(-c3ccc(-c4nc(-c5ccccc5)nc(-c5cccc6c5oc5ccccc56)n4)c4ccccc34)c3c(c2)oc2ccccc23)cc1. The molecular formula is C49H29N3O2. The van der Waals surface area contributed by atoms with E-state index in [4.69, 9.17) is 23.8 Å². The van der Waals surface area contributed by atoms with Crippen LogP contribution in [0.1, 0.15) is 0 Å². The highest BCUT2D eigenvalue weighted by Crippen LogP contribution is 2.44. The molecule has 0 aliphatic carbocycles. The lowest BCUT2D eigenvalue weighted by Crippen LogP contribution is -2.01. The third-order valence-electron chi connectivity index (χ3n) is 10.4. The van der Waals surface area contributed by atoms with Gasteiger partial charge in [0.25, 0.3) is 0 Å². The van der Waals surface area contributed by atoms with Crippen molar-refractivity contribution in [1.29, 1.82) is 0 Å². The van der Waals surface area contributed by atoms with E-state index in [2.05, 4.69) is 97.1 Å². The van der Waals surface area contributed by atoms with Crippen LogP contribution >= 0.6 is 0 Å². The lowest BCUT2D eigenvalue weighted by atomic mass is 9.90. The third kappa shape index (κ3) is 4.83. The normalized spacial score (nSPS) is 11.7. The van der Waals surface area contributed by atoms with Gasteiger partial charge in [-0.3, -0.25) is 0 Å². The fraction of sp³-hybridized carbons (Fsp3) is 0. The number of rotatable bonds is 5. The minimum atomic E-state index is 0.554. The lowest BCUT2D eigenvalue weighted by Gasteiger charge is -2.15. The molecule has 8 aromatic carbocycles. The van der Waals surface area contributed by atoms with Crippen molar-refractivity contribution >= 4 is 54.6 Å². The Morgan fingerprint density at radius 3 is 1.61 bits per heavy atom. The largest absolute Gasteiger partial charge is 0.456 e. The summed E-state index contributed by atoms with van der Waals surface area (Å²) in [6.45, 7) is 0.